The van der Waals surface area contributed by atoms with Crippen LogP contribution in [0.15, 0.2) is 30.5 Å². The van der Waals surface area contributed by atoms with Crippen LogP contribution < -0.4 is 22.1 Å². The summed E-state index contributed by atoms with van der Waals surface area (Å²) >= 11 is 0. The molecule has 1 aromatic carbocycles. The van der Waals surface area contributed by atoms with Crippen LogP contribution in [0.5, 0.6) is 0 Å². The lowest BCUT2D eigenvalue weighted by Gasteiger charge is -2.14. The third-order valence-electron chi connectivity index (χ3n) is 3.79. The second-order valence-corrected chi connectivity index (χ2v) is 5.61. The van der Waals surface area contributed by atoms with Gasteiger partial charge in [-0.05, 0) is 30.0 Å². The number of H-pyrrole nitrogens is 1. The van der Waals surface area contributed by atoms with Gasteiger partial charge in [0.05, 0.1) is 0 Å². The van der Waals surface area contributed by atoms with Crippen molar-refractivity contribution >= 4 is 40.2 Å². The summed E-state index contributed by atoms with van der Waals surface area (Å²) in [6.45, 7) is 1.79. The molecule has 0 saturated carbocycles. The Morgan fingerprint density at radius 3 is 2.73 bits per heavy atom. The van der Waals surface area contributed by atoms with Crippen molar-refractivity contribution in [1.82, 2.24) is 20.2 Å². The standard InChI is InChI=1S/C16H18N8O2/c1-2-10(13(17)25)21-16-22-15(12(14(18)26)23-24-16)20-9-4-3-8-5-6-19-11(8)7-9/h3-7,10,19H,2H2,1H3,(H2,17,25)(H2,18,26)(H2,20,21,22,24)/t10-/m1/s1. The SMILES string of the molecule is CC[C@@H](Nc1nnc(C(N)=O)c(Nc2ccc3cc[nH]c3c2)n1)C(N)=O. The fraction of sp³-hybridized carbons (Fsp3) is 0.188. The van der Waals surface area contributed by atoms with Crippen molar-refractivity contribution in [2.75, 3.05) is 10.6 Å². The zero-order chi connectivity index (χ0) is 18.7. The van der Waals surface area contributed by atoms with E-state index in [4.69, 9.17) is 11.5 Å². The molecule has 0 aliphatic heterocycles. The number of carbonyl (C=O) groups excluding carboxylic acids is 2. The smallest absolute Gasteiger partial charge is 0.273 e. The molecule has 0 bridgehead atoms. The summed E-state index contributed by atoms with van der Waals surface area (Å²) in [6.07, 6.45) is 2.27. The van der Waals surface area contributed by atoms with Crippen LogP contribution in [0, 0.1) is 0 Å². The van der Waals surface area contributed by atoms with Gasteiger partial charge in [-0.3, -0.25) is 9.59 Å². The third-order valence-corrected chi connectivity index (χ3v) is 3.79. The summed E-state index contributed by atoms with van der Waals surface area (Å²) in [4.78, 5) is 30.3. The van der Waals surface area contributed by atoms with Crippen molar-refractivity contribution in [3.8, 4) is 0 Å². The quantitative estimate of drug-likeness (QED) is 0.420. The van der Waals surface area contributed by atoms with Gasteiger partial charge in [-0.2, -0.15) is 4.98 Å². The van der Waals surface area contributed by atoms with E-state index in [9.17, 15) is 9.59 Å². The maximum absolute atomic E-state index is 11.6. The number of fused-ring (bicyclic) bond motifs is 1. The van der Waals surface area contributed by atoms with E-state index in [0.29, 0.717) is 12.1 Å². The molecule has 26 heavy (non-hydrogen) atoms. The molecule has 1 atom stereocenters. The Kier molecular flexibility index (Phi) is 4.65. The summed E-state index contributed by atoms with van der Waals surface area (Å²) in [7, 11) is 0. The van der Waals surface area contributed by atoms with Gasteiger partial charge in [-0.25, -0.2) is 0 Å². The predicted octanol–water partition coefficient (Wildman–Crippen LogP) is 0.871. The van der Waals surface area contributed by atoms with Gasteiger partial charge in [-0.15, -0.1) is 10.2 Å². The number of aromatic nitrogens is 4. The molecule has 3 aromatic rings. The molecule has 0 spiro atoms. The van der Waals surface area contributed by atoms with Gasteiger partial charge in [0.2, 0.25) is 11.9 Å². The van der Waals surface area contributed by atoms with Gasteiger partial charge in [0, 0.05) is 17.4 Å². The van der Waals surface area contributed by atoms with E-state index < -0.39 is 17.9 Å². The molecule has 7 N–H and O–H groups in total. The van der Waals surface area contributed by atoms with E-state index in [1.54, 1.807) is 6.92 Å². The molecular formula is C16H18N8O2. The minimum absolute atomic E-state index is 0.0594. The molecule has 2 heterocycles. The minimum atomic E-state index is -0.776. The van der Waals surface area contributed by atoms with E-state index in [2.05, 4.69) is 30.8 Å². The minimum Gasteiger partial charge on any atom is -0.368 e. The van der Waals surface area contributed by atoms with Crippen molar-refractivity contribution in [2.24, 2.45) is 11.5 Å². The summed E-state index contributed by atoms with van der Waals surface area (Å²) in [5.74, 6) is -1.13. The molecule has 0 radical (unpaired) electrons. The lowest BCUT2D eigenvalue weighted by molar-refractivity contribution is -0.118. The van der Waals surface area contributed by atoms with E-state index >= 15 is 0 Å². The number of benzene rings is 1. The van der Waals surface area contributed by atoms with Crippen molar-refractivity contribution in [1.29, 1.82) is 0 Å². The van der Waals surface area contributed by atoms with Gasteiger partial charge < -0.3 is 27.1 Å². The Morgan fingerprint density at radius 1 is 1.23 bits per heavy atom. The van der Waals surface area contributed by atoms with Gasteiger partial charge in [0.15, 0.2) is 11.5 Å². The van der Waals surface area contributed by atoms with Crippen LogP contribution in [0.25, 0.3) is 10.9 Å². The number of nitrogens with two attached hydrogens (primary N) is 2. The lowest BCUT2D eigenvalue weighted by Crippen LogP contribution is -2.35. The highest BCUT2D eigenvalue weighted by molar-refractivity contribution is 5.96. The first-order valence-electron chi connectivity index (χ1n) is 7.92. The number of rotatable bonds is 7. The first kappa shape index (κ1) is 17.1. The number of amides is 2. The van der Waals surface area contributed by atoms with Crippen LogP contribution in [-0.4, -0.2) is 38.0 Å². The number of hydrogen-bond donors (Lipinski definition) is 5. The fourth-order valence-electron chi connectivity index (χ4n) is 2.43. The Bertz CT molecular complexity index is 968. The second-order valence-electron chi connectivity index (χ2n) is 5.61. The molecule has 10 heteroatoms. The van der Waals surface area contributed by atoms with Crippen molar-refractivity contribution < 1.29 is 9.59 Å². The Balaban J connectivity index is 1.93. The molecule has 0 fully saturated rings. The van der Waals surface area contributed by atoms with Crippen LogP contribution in [0.4, 0.5) is 17.5 Å². The number of aromatic amines is 1. The van der Waals surface area contributed by atoms with E-state index in [-0.39, 0.29) is 17.5 Å². The zero-order valence-electron chi connectivity index (χ0n) is 14.0. The molecule has 0 saturated heterocycles. The molecule has 134 valence electrons. The highest BCUT2D eigenvalue weighted by atomic mass is 16.1. The molecule has 0 aliphatic rings. The normalized spacial score (nSPS) is 11.9. The first-order chi connectivity index (χ1) is 12.5. The molecular weight excluding hydrogens is 336 g/mol. The average molecular weight is 354 g/mol. The third kappa shape index (κ3) is 3.53. The summed E-state index contributed by atoms with van der Waals surface area (Å²) in [5.41, 5.74) is 12.1. The predicted molar refractivity (Wildman–Crippen MR) is 96.8 cm³/mol. The number of carbonyl (C=O) groups is 2. The topological polar surface area (TPSA) is 165 Å². The van der Waals surface area contributed by atoms with E-state index in [0.717, 1.165) is 10.9 Å². The first-order valence-corrected chi connectivity index (χ1v) is 7.92. The highest BCUT2D eigenvalue weighted by Gasteiger charge is 2.18. The number of anilines is 3. The fourth-order valence-corrected chi connectivity index (χ4v) is 2.43. The molecule has 2 aromatic heterocycles. The van der Waals surface area contributed by atoms with Crippen LogP contribution >= 0.6 is 0 Å². The van der Waals surface area contributed by atoms with Gasteiger partial charge in [-0.1, -0.05) is 13.0 Å². The van der Waals surface area contributed by atoms with Crippen LogP contribution in [0.1, 0.15) is 23.8 Å². The zero-order valence-corrected chi connectivity index (χ0v) is 14.0. The Labute approximate surface area is 148 Å². The van der Waals surface area contributed by atoms with Crippen molar-refractivity contribution in [2.45, 2.75) is 19.4 Å². The molecule has 0 unspecified atom stereocenters. The average Bonchev–Trinajstić information content (AvgIpc) is 3.07. The second kappa shape index (κ2) is 7.05. The monoisotopic (exact) mass is 354 g/mol. The summed E-state index contributed by atoms with van der Waals surface area (Å²) in [5, 5.41) is 14.4. The van der Waals surface area contributed by atoms with Crippen LogP contribution in [0.2, 0.25) is 0 Å². The molecule has 2 amide bonds. The summed E-state index contributed by atoms with van der Waals surface area (Å²) < 4.78 is 0. The number of hydrogen-bond acceptors (Lipinski definition) is 7. The Hall–Kier alpha value is -3.69. The van der Waals surface area contributed by atoms with Crippen molar-refractivity contribution in [3.05, 3.63) is 36.2 Å². The van der Waals surface area contributed by atoms with E-state index in [1.807, 2.05) is 30.5 Å². The van der Waals surface area contributed by atoms with Crippen LogP contribution in [0.3, 0.4) is 0 Å². The molecule has 0 aliphatic carbocycles. The van der Waals surface area contributed by atoms with Crippen molar-refractivity contribution in [3.63, 3.8) is 0 Å². The number of nitrogens with zero attached hydrogens (tertiary/aromatic N) is 3. The number of nitrogens with one attached hydrogen (secondary N) is 3. The lowest BCUT2D eigenvalue weighted by atomic mass is 10.2. The maximum atomic E-state index is 11.6. The maximum Gasteiger partial charge on any atom is 0.273 e. The van der Waals surface area contributed by atoms with Gasteiger partial charge >= 0.3 is 0 Å². The Morgan fingerprint density at radius 2 is 2.04 bits per heavy atom. The molecule has 3 rings (SSSR count). The molecule has 10 nitrogen and oxygen atoms in total. The van der Waals surface area contributed by atoms with Gasteiger partial charge in [0.25, 0.3) is 5.91 Å². The summed E-state index contributed by atoms with van der Waals surface area (Å²) in [6, 6.07) is 6.88. The van der Waals surface area contributed by atoms with Gasteiger partial charge in [0.1, 0.15) is 6.04 Å². The van der Waals surface area contributed by atoms with E-state index in [1.165, 1.54) is 0 Å². The highest BCUT2D eigenvalue weighted by Crippen LogP contribution is 2.22. The number of primary amides is 2. The van der Waals surface area contributed by atoms with Crippen LogP contribution in [-0.2, 0) is 4.79 Å². The largest absolute Gasteiger partial charge is 0.368 e.